The largest absolute Gasteiger partial charge is 0.465 e. The first kappa shape index (κ1) is 15.2. The second-order valence-electron chi connectivity index (χ2n) is 4.27. The van der Waals surface area contributed by atoms with Gasteiger partial charge in [0, 0.05) is 19.3 Å². The van der Waals surface area contributed by atoms with E-state index < -0.39 is 6.09 Å². The summed E-state index contributed by atoms with van der Waals surface area (Å²) in [5.74, 6) is 0.766. The van der Waals surface area contributed by atoms with Crippen molar-refractivity contribution in [2.24, 2.45) is 0 Å². The normalized spacial score (nSPS) is 9.91. The molecular weight excluding hydrogens is 288 g/mol. The standard InChI is InChI=1S/C14H14N4O4/c1-8-11(3-4-12(17-8)18-14(20)21)22-9-5-6-16-10(7-9)13(19)15-2/h3-7H,1-2H3,(H,15,19)(H,17,18)(H,20,21). The molecule has 0 aromatic carbocycles. The first-order valence-corrected chi connectivity index (χ1v) is 6.33. The lowest BCUT2D eigenvalue weighted by atomic mass is 10.3. The second kappa shape index (κ2) is 6.53. The van der Waals surface area contributed by atoms with Gasteiger partial charge in [-0.3, -0.25) is 15.1 Å². The van der Waals surface area contributed by atoms with E-state index in [2.05, 4.69) is 20.6 Å². The Morgan fingerprint density at radius 2 is 2.05 bits per heavy atom. The predicted octanol–water partition coefficient (Wildman–Crippen LogP) is 2.03. The lowest BCUT2D eigenvalue weighted by Crippen LogP contribution is -2.18. The van der Waals surface area contributed by atoms with Crippen LogP contribution in [0.4, 0.5) is 10.6 Å². The number of rotatable bonds is 4. The minimum Gasteiger partial charge on any atom is -0.465 e. The Morgan fingerprint density at radius 1 is 1.27 bits per heavy atom. The minimum absolute atomic E-state index is 0.207. The van der Waals surface area contributed by atoms with Gasteiger partial charge in [0.05, 0.1) is 5.69 Å². The maximum absolute atomic E-state index is 11.5. The van der Waals surface area contributed by atoms with E-state index in [1.165, 1.54) is 25.4 Å². The van der Waals surface area contributed by atoms with Crippen LogP contribution in [-0.4, -0.2) is 34.1 Å². The van der Waals surface area contributed by atoms with Gasteiger partial charge in [0.15, 0.2) is 0 Å². The fraction of sp³-hybridized carbons (Fsp3) is 0.143. The van der Waals surface area contributed by atoms with Gasteiger partial charge in [-0.2, -0.15) is 0 Å². The first-order valence-electron chi connectivity index (χ1n) is 6.33. The molecule has 0 saturated carbocycles. The molecular formula is C14H14N4O4. The number of carbonyl (C=O) groups excluding carboxylic acids is 1. The number of ether oxygens (including phenoxy) is 1. The minimum atomic E-state index is -1.19. The monoisotopic (exact) mass is 302 g/mol. The summed E-state index contributed by atoms with van der Waals surface area (Å²) in [6.45, 7) is 1.68. The van der Waals surface area contributed by atoms with Crippen LogP contribution in [-0.2, 0) is 0 Å². The Kier molecular flexibility index (Phi) is 4.52. The van der Waals surface area contributed by atoms with E-state index in [1.54, 1.807) is 19.1 Å². The number of aromatic nitrogens is 2. The fourth-order valence-corrected chi connectivity index (χ4v) is 1.69. The summed E-state index contributed by atoms with van der Waals surface area (Å²) in [5, 5.41) is 13.3. The van der Waals surface area contributed by atoms with Crippen LogP contribution in [0.25, 0.3) is 0 Å². The van der Waals surface area contributed by atoms with Crippen molar-refractivity contribution in [3.05, 3.63) is 41.9 Å². The van der Waals surface area contributed by atoms with Gasteiger partial charge in [0.2, 0.25) is 0 Å². The Morgan fingerprint density at radius 3 is 2.68 bits per heavy atom. The van der Waals surface area contributed by atoms with Crippen LogP contribution in [0.2, 0.25) is 0 Å². The molecule has 22 heavy (non-hydrogen) atoms. The van der Waals surface area contributed by atoms with Gasteiger partial charge < -0.3 is 15.2 Å². The van der Waals surface area contributed by atoms with Gasteiger partial charge in [-0.1, -0.05) is 0 Å². The molecule has 8 heteroatoms. The maximum Gasteiger partial charge on any atom is 0.410 e. The van der Waals surface area contributed by atoms with E-state index in [4.69, 9.17) is 9.84 Å². The van der Waals surface area contributed by atoms with Gasteiger partial charge in [0.1, 0.15) is 23.0 Å². The second-order valence-corrected chi connectivity index (χ2v) is 4.27. The van der Waals surface area contributed by atoms with Gasteiger partial charge >= 0.3 is 6.09 Å². The molecule has 0 fully saturated rings. The number of carbonyl (C=O) groups is 2. The van der Waals surface area contributed by atoms with Crippen LogP contribution >= 0.6 is 0 Å². The molecule has 114 valence electrons. The Bertz CT molecular complexity index is 718. The highest BCUT2D eigenvalue weighted by atomic mass is 16.5. The zero-order valence-electron chi connectivity index (χ0n) is 12.0. The molecule has 0 aliphatic rings. The molecule has 0 radical (unpaired) electrons. The van der Waals surface area contributed by atoms with Gasteiger partial charge in [-0.15, -0.1) is 0 Å². The zero-order valence-corrected chi connectivity index (χ0v) is 12.0. The topological polar surface area (TPSA) is 113 Å². The third-order valence-corrected chi connectivity index (χ3v) is 2.69. The number of nitrogens with one attached hydrogen (secondary N) is 2. The molecule has 2 aromatic heterocycles. The van der Waals surface area contributed by atoms with E-state index in [1.807, 2.05) is 0 Å². The SMILES string of the molecule is CNC(=O)c1cc(Oc2ccc(NC(=O)O)nc2C)ccn1. The summed E-state index contributed by atoms with van der Waals surface area (Å²) < 4.78 is 5.65. The summed E-state index contributed by atoms with van der Waals surface area (Å²) in [4.78, 5) is 30.1. The van der Waals surface area contributed by atoms with Crippen molar-refractivity contribution in [2.75, 3.05) is 12.4 Å². The molecule has 0 spiro atoms. The number of hydrogen-bond donors (Lipinski definition) is 3. The molecule has 2 heterocycles. The smallest absolute Gasteiger partial charge is 0.410 e. The number of anilines is 1. The highest BCUT2D eigenvalue weighted by Gasteiger charge is 2.09. The number of amides is 2. The van der Waals surface area contributed by atoms with E-state index in [0.717, 1.165) is 0 Å². The van der Waals surface area contributed by atoms with Gasteiger partial charge in [-0.25, -0.2) is 9.78 Å². The van der Waals surface area contributed by atoms with Gasteiger partial charge in [-0.05, 0) is 25.1 Å². The summed E-state index contributed by atoms with van der Waals surface area (Å²) >= 11 is 0. The van der Waals surface area contributed by atoms with Crippen LogP contribution in [0.5, 0.6) is 11.5 Å². The molecule has 0 aliphatic carbocycles. The van der Waals surface area contributed by atoms with Crippen molar-refractivity contribution in [1.82, 2.24) is 15.3 Å². The number of pyridine rings is 2. The van der Waals surface area contributed by atoms with Gasteiger partial charge in [0.25, 0.3) is 5.91 Å². The van der Waals surface area contributed by atoms with Crippen LogP contribution < -0.4 is 15.4 Å². The molecule has 0 atom stereocenters. The average Bonchev–Trinajstić information content (AvgIpc) is 2.49. The lowest BCUT2D eigenvalue weighted by Gasteiger charge is -2.10. The van der Waals surface area contributed by atoms with Crippen molar-refractivity contribution < 1.29 is 19.4 Å². The van der Waals surface area contributed by atoms with Crippen molar-refractivity contribution in [1.29, 1.82) is 0 Å². The highest BCUT2D eigenvalue weighted by molar-refractivity contribution is 5.92. The Hall–Kier alpha value is -3.16. The Balaban J connectivity index is 2.20. The van der Waals surface area contributed by atoms with Crippen LogP contribution in [0.3, 0.4) is 0 Å². The number of aryl methyl sites for hydroxylation is 1. The number of hydrogen-bond acceptors (Lipinski definition) is 5. The van der Waals surface area contributed by atoms with E-state index in [0.29, 0.717) is 17.2 Å². The zero-order chi connectivity index (χ0) is 16.1. The predicted molar refractivity (Wildman–Crippen MR) is 78.3 cm³/mol. The van der Waals surface area contributed by atoms with Crippen LogP contribution in [0, 0.1) is 6.92 Å². The van der Waals surface area contributed by atoms with Crippen LogP contribution in [0.15, 0.2) is 30.5 Å². The van der Waals surface area contributed by atoms with Crippen molar-refractivity contribution in [3.63, 3.8) is 0 Å². The van der Waals surface area contributed by atoms with E-state index in [-0.39, 0.29) is 17.4 Å². The molecule has 0 unspecified atom stereocenters. The summed E-state index contributed by atoms with van der Waals surface area (Å²) in [6.07, 6.45) is 0.271. The molecule has 0 aliphatic heterocycles. The summed E-state index contributed by atoms with van der Waals surface area (Å²) in [7, 11) is 1.51. The van der Waals surface area contributed by atoms with Crippen LogP contribution in [0.1, 0.15) is 16.2 Å². The molecule has 3 N–H and O–H groups in total. The molecule has 2 aromatic rings. The van der Waals surface area contributed by atoms with Crippen molar-refractivity contribution in [3.8, 4) is 11.5 Å². The summed E-state index contributed by atoms with van der Waals surface area (Å²) in [5.41, 5.74) is 0.735. The number of nitrogens with zero attached hydrogens (tertiary/aromatic N) is 2. The third-order valence-electron chi connectivity index (χ3n) is 2.69. The molecule has 0 saturated heterocycles. The molecule has 2 rings (SSSR count). The van der Waals surface area contributed by atoms with E-state index >= 15 is 0 Å². The summed E-state index contributed by atoms with van der Waals surface area (Å²) in [6, 6.07) is 6.18. The quantitative estimate of drug-likeness (QED) is 0.796. The Labute approximate surface area is 126 Å². The van der Waals surface area contributed by atoms with E-state index in [9.17, 15) is 9.59 Å². The molecule has 2 amide bonds. The number of carboxylic acid groups (broad SMARTS) is 1. The molecule has 8 nitrogen and oxygen atoms in total. The van der Waals surface area contributed by atoms with Crippen molar-refractivity contribution in [2.45, 2.75) is 6.92 Å². The first-order chi connectivity index (χ1) is 10.5. The molecule has 0 bridgehead atoms. The highest BCUT2D eigenvalue weighted by Crippen LogP contribution is 2.25. The average molecular weight is 302 g/mol. The lowest BCUT2D eigenvalue weighted by molar-refractivity contribution is 0.0957. The third kappa shape index (κ3) is 3.69. The maximum atomic E-state index is 11.5. The fourth-order valence-electron chi connectivity index (χ4n) is 1.69. The van der Waals surface area contributed by atoms with Crippen molar-refractivity contribution >= 4 is 17.8 Å².